The van der Waals surface area contributed by atoms with Crippen molar-refractivity contribution in [3.63, 3.8) is 0 Å². The molecule has 0 aliphatic rings. The summed E-state index contributed by atoms with van der Waals surface area (Å²) < 4.78 is 5.51. The summed E-state index contributed by atoms with van der Waals surface area (Å²) in [5.41, 5.74) is 0.484. The maximum atomic E-state index is 11.2. The van der Waals surface area contributed by atoms with Gasteiger partial charge in [-0.3, -0.25) is 0 Å². The van der Waals surface area contributed by atoms with Gasteiger partial charge in [0.05, 0.1) is 25.6 Å². The standard InChI is InChI=1S/C8H9IO3Si/c9-6-3-5(1-2-7(6)10)8(11)12-4-13/h1-3,10H,4H2,13H3. The zero-order valence-electron chi connectivity index (χ0n) is 7.08. The van der Waals surface area contributed by atoms with Crippen molar-refractivity contribution in [2.75, 3.05) is 6.23 Å². The van der Waals surface area contributed by atoms with Gasteiger partial charge >= 0.3 is 5.97 Å². The Bertz CT molecular complexity index is 327. The fraction of sp³-hybridized carbons (Fsp3) is 0.125. The molecule has 0 aliphatic heterocycles. The highest BCUT2D eigenvalue weighted by Gasteiger charge is 2.07. The molecular formula is C8H9IO3Si. The molecule has 3 nitrogen and oxygen atoms in total. The maximum Gasteiger partial charge on any atom is 0.337 e. The van der Waals surface area contributed by atoms with E-state index in [0.29, 0.717) is 15.4 Å². The van der Waals surface area contributed by atoms with E-state index < -0.39 is 0 Å². The molecule has 0 aliphatic carbocycles. The molecule has 0 radical (unpaired) electrons. The summed E-state index contributed by atoms with van der Waals surface area (Å²) in [7, 11) is 0.840. The lowest BCUT2D eigenvalue weighted by Crippen LogP contribution is -2.06. The van der Waals surface area contributed by atoms with Crippen LogP contribution >= 0.6 is 22.6 Å². The molecule has 0 aromatic heterocycles. The number of esters is 1. The third-order valence-corrected chi connectivity index (χ3v) is 2.61. The van der Waals surface area contributed by atoms with Crippen molar-refractivity contribution < 1.29 is 14.6 Å². The van der Waals surface area contributed by atoms with E-state index in [2.05, 4.69) is 0 Å². The van der Waals surface area contributed by atoms with E-state index in [9.17, 15) is 9.90 Å². The zero-order chi connectivity index (χ0) is 9.84. The first-order valence-electron chi connectivity index (χ1n) is 3.80. The van der Waals surface area contributed by atoms with Crippen molar-refractivity contribution in [3.05, 3.63) is 27.3 Å². The number of hydrogen-bond acceptors (Lipinski definition) is 3. The van der Waals surface area contributed by atoms with E-state index in [4.69, 9.17) is 4.74 Å². The van der Waals surface area contributed by atoms with E-state index in [1.165, 1.54) is 6.07 Å². The van der Waals surface area contributed by atoms with Crippen LogP contribution in [0.25, 0.3) is 0 Å². The Hall–Kier alpha value is -0.563. The number of aromatic hydroxyl groups is 1. The SMILES string of the molecule is O=C(OC[SiH3])c1ccc(O)c(I)c1. The first kappa shape index (κ1) is 10.5. The second-order valence-corrected chi connectivity index (χ2v) is 4.13. The first-order chi connectivity index (χ1) is 6.15. The minimum absolute atomic E-state index is 0.183. The van der Waals surface area contributed by atoms with Gasteiger partial charge in [0.15, 0.2) is 0 Å². The molecule has 13 heavy (non-hydrogen) atoms. The van der Waals surface area contributed by atoms with Gasteiger partial charge in [0.2, 0.25) is 0 Å². The number of phenolic OH excluding ortho intramolecular Hbond substituents is 1. The third-order valence-electron chi connectivity index (χ3n) is 1.46. The lowest BCUT2D eigenvalue weighted by Gasteiger charge is -2.02. The molecule has 0 heterocycles. The summed E-state index contributed by atoms with van der Waals surface area (Å²) in [6, 6.07) is 4.65. The molecule has 0 unspecified atom stereocenters. The molecular weight excluding hydrogens is 299 g/mol. The number of carbonyl (C=O) groups excluding carboxylic acids is 1. The van der Waals surface area contributed by atoms with Gasteiger partial charge < -0.3 is 9.84 Å². The molecule has 1 aromatic carbocycles. The molecule has 70 valence electrons. The highest BCUT2D eigenvalue weighted by Crippen LogP contribution is 2.20. The lowest BCUT2D eigenvalue weighted by atomic mass is 10.2. The van der Waals surface area contributed by atoms with Crippen LogP contribution in [0.5, 0.6) is 5.75 Å². The van der Waals surface area contributed by atoms with Gasteiger partial charge in [0.25, 0.3) is 0 Å². The largest absolute Gasteiger partial charge is 0.507 e. The van der Waals surface area contributed by atoms with Crippen LogP contribution in [-0.2, 0) is 4.74 Å². The third kappa shape index (κ3) is 2.70. The second-order valence-electron chi connectivity index (χ2n) is 2.39. The van der Waals surface area contributed by atoms with E-state index in [1.807, 2.05) is 22.6 Å². The number of phenols is 1. The quantitative estimate of drug-likeness (QED) is 0.491. The van der Waals surface area contributed by atoms with Crippen molar-refractivity contribution in [1.29, 1.82) is 0 Å². The van der Waals surface area contributed by atoms with Crippen LogP contribution in [0, 0.1) is 3.57 Å². The van der Waals surface area contributed by atoms with Crippen LogP contribution < -0.4 is 0 Å². The topological polar surface area (TPSA) is 46.5 Å². The Morgan fingerprint density at radius 1 is 1.62 bits per heavy atom. The normalized spacial score (nSPS) is 9.92. The molecule has 0 fully saturated rings. The number of carbonyl (C=O) groups is 1. The predicted octanol–water partition coefficient (Wildman–Crippen LogP) is 0.476. The van der Waals surface area contributed by atoms with E-state index in [0.717, 1.165) is 10.2 Å². The number of rotatable bonds is 2. The number of benzene rings is 1. The van der Waals surface area contributed by atoms with Crippen LogP contribution in [0.2, 0.25) is 0 Å². The van der Waals surface area contributed by atoms with Crippen molar-refractivity contribution in [2.45, 2.75) is 0 Å². The van der Waals surface area contributed by atoms with E-state index in [1.54, 1.807) is 12.1 Å². The molecule has 0 saturated carbocycles. The fourth-order valence-corrected chi connectivity index (χ4v) is 1.63. The Balaban J connectivity index is 2.90. The minimum Gasteiger partial charge on any atom is -0.507 e. The summed E-state index contributed by atoms with van der Waals surface area (Å²) in [6.07, 6.45) is 0.496. The summed E-state index contributed by atoms with van der Waals surface area (Å²) in [6.45, 7) is 0. The number of ether oxygens (including phenoxy) is 1. The summed E-state index contributed by atoms with van der Waals surface area (Å²) in [5, 5.41) is 9.20. The molecule has 1 aromatic rings. The Morgan fingerprint density at radius 3 is 2.85 bits per heavy atom. The van der Waals surface area contributed by atoms with E-state index in [-0.39, 0.29) is 11.7 Å². The van der Waals surface area contributed by atoms with Crippen LogP contribution in [-0.4, -0.2) is 27.5 Å². The highest BCUT2D eigenvalue weighted by molar-refractivity contribution is 14.1. The van der Waals surface area contributed by atoms with Crippen molar-refractivity contribution in [2.24, 2.45) is 0 Å². The molecule has 1 N–H and O–H groups in total. The van der Waals surface area contributed by atoms with Crippen molar-refractivity contribution >= 4 is 38.8 Å². The summed E-state index contributed by atoms with van der Waals surface area (Å²) >= 11 is 1.96. The molecule has 0 amide bonds. The Labute approximate surface area is 92.7 Å². The minimum atomic E-state index is -0.326. The first-order valence-corrected chi connectivity index (χ1v) is 6.30. The maximum absolute atomic E-state index is 11.2. The van der Waals surface area contributed by atoms with Gasteiger partial charge in [-0.25, -0.2) is 4.79 Å². The smallest absolute Gasteiger partial charge is 0.337 e. The fourth-order valence-electron chi connectivity index (χ4n) is 0.848. The number of hydrogen-bond donors (Lipinski definition) is 1. The van der Waals surface area contributed by atoms with Crippen LogP contribution in [0.1, 0.15) is 10.4 Å². The summed E-state index contributed by atoms with van der Waals surface area (Å²) in [5.74, 6) is -0.143. The predicted molar refractivity (Wildman–Crippen MR) is 61.0 cm³/mol. The monoisotopic (exact) mass is 308 g/mol. The second kappa shape index (κ2) is 4.61. The Kier molecular flexibility index (Phi) is 3.73. The van der Waals surface area contributed by atoms with Gasteiger partial charge in [-0.2, -0.15) is 0 Å². The van der Waals surface area contributed by atoms with Gasteiger partial charge in [0.1, 0.15) is 5.75 Å². The number of halogens is 1. The molecule has 0 spiro atoms. The molecule has 0 saturated heterocycles. The van der Waals surface area contributed by atoms with Crippen molar-refractivity contribution in [3.8, 4) is 5.75 Å². The van der Waals surface area contributed by atoms with Gasteiger partial charge in [-0.15, -0.1) is 0 Å². The van der Waals surface area contributed by atoms with E-state index >= 15 is 0 Å². The van der Waals surface area contributed by atoms with Gasteiger partial charge in [-0.1, -0.05) is 0 Å². The van der Waals surface area contributed by atoms with Crippen LogP contribution in [0.15, 0.2) is 18.2 Å². The average Bonchev–Trinajstić information content (AvgIpc) is 2.10. The van der Waals surface area contributed by atoms with Crippen molar-refractivity contribution in [1.82, 2.24) is 0 Å². The van der Waals surface area contributed by atoms with Gasteiger partial charge in [0, 0.05) is 0 Å². The molecule has 0 bridgehead atoms. The molecule has 0 atom stereocenters. The Morgan fingerprint density at radius 2 is 2.31 bits per heavy atom. The van der Waals surface area contributed by atoms with Gasteiger partial charge in [-0.05, 0) is 40.8 Å². The highest BCUT2D eigenvalue weighted by atomic mass is 127. The van der Waals surface area contributed by atoms with Crippen LogP contribution in [0.3, 0.4) is 0 Å². The molecule has 1 rings (SSSR count). The van der Waals surface area contributed by atoms with Crippen LogP contribution in [0.4, 0.5) is 0 Å². The lowest BCUT2D eigenvalue weighted by molar-refractivity contribution is 0.0573. The summed E-state index contributed by atoms with van der Waals surface area (Å²) in [4.78, 5) is 11.2. The average molecular weight is 308 g/mol. The molecule has 5 heteroatoms. The zero-order valence-corrected chi connectivity index (χ0v) is 11.2.